The molecule has 10 heteroatoms. The molecule has 0 aliphatic rings. The van der Waals surface area contributed by atoms with Crippen LogP contribution in [0.2, 0.25) is 0 Å². The number of carboxylic acid groups (broad SMARTS) is 1. The van der Waals surface area contributed by atoms with Crippen molar-refractivity contribution in [2.75, 3.05) is 26.0 Å². The molecular weight excluding hydrogens is 447 g/mol. The molecule has 4 aromatic rings. The van der Waals surface area contributed by atoms with E-state index < -0.39 is 11.9 Å². The number of benzene rings is 1. The first-order valence-corrected chi connectivity index (χ1v) is 10.8. The van der Waals surface area contributed by atoms with Crippen molar-refractivity contribution >= 4 is 33.3 Å². The van der Waals surface area contributed by atoms with Crippen molar-refractivity contribution < 1.29 is 23.8 Å². The molecule has 3 N–H and O–H groups in total. The van der Waals surface area contributed by atoms with E-state index in [9.17, 15) is 14.3 Å². The van der Waals surface area contributed by atoms with Crippen molar-refractivity contribution in [3.05, 3.63) is 66.2 Å². The topological polar surface area (TPSA) is 111 Å². The van der Waals surface area contributed by atoms with Gasteiger partial charge >= 0.3 is 6.09 Å². The van der Waals surface area contributed by atoms with Crippen LogP contribution in [-0.2, 0) is 11.3 Å². The molecule has 0 aliphatic heterocycles. The fourth-order valence-corrected chi connectivity index (χ4v) is 4.21. The largest absolute Gasteiger partial charge is 0.465 e. The standard InChI is InChI=1S/C23H21FN4O4S/c1-31-9-8-28(23(29)30)13-14-2-4-17(27-12-14)21-11-18-22(33-21)20(6-7-26-18)32-19-5-3-15(25)10-16(19)24/h2-7,10-12H,8-9,13,25H2,1H3,(H,29,30). The van der Waals surface area contributed by atoms with E-state index >= 15 is 0 Å². The smallest absolute Gasteiger partial charge is 0.407 e. The molecule has 0 saturated heterocycles. The number of pyridine rings is 2. The quantitative estimate of drug-likeness (QED) is 0.350. The van der Waals surface area contributed by atoms with Crippen LogP contribution in [0.4, 0.5) is 14.9 Å². The number of hydrogen-bond acceptors (Lipinski definition) is 7. The number of aromatic nitrogens is 2. The van der Waals surface area contributed by atoms with Crippen LogP contribution in [0.1, 0.15) is 5.56 Å². The molecule has 3 heterocycles. The number of fused-ring (bicyclic) bond motifs is 1. The zero-order valence-corrected chi connectivity index (χ0v) is 18.5. The molecule has 0 bridgehead atoms. The minimum absolute atomic E-state index is 0.0746. The molecule has 1 amide bonds. The second-order valence-corrected chi connectivity index (χ2v) is 8.23. The summed E-state index contributed by atoms with van der Waals surface area (Å²) in [5.74, 6) is 0.00673. The molecule has 0 fully saturated rings. The number of carbonyl (C=O) groups is 1. The number of anilines is 1. The van der Waals surface area contributed by atoms with Crippen LogP contribution < -0.4 is 10.5 Å². The molecule has 0 atom stereocenters. The maximum absolute atomic E-state index is 14.2. The normalized spacial score (nSPS) is 11.0. The number of methoxy groups -OCH3 is 1. The summed E-state index contributed by atoms with van der Waals surface area (Å²) >= 11 is 1.42. The lowest BCUT2D eigenvalue weighted by Crippen LogP contribution is -2.32. The molecule has 8 nitrogen and oxygen atoms in total. The highest BCUT2D eigenvalue weighted by molar-refractivity contribution is 7.22. The van der Waals surface area contributed by atoms with Crippen molar-refractivity contribution in [3.63, 3.8) is 0 Å². The fraction of sp³-hybridized carbons (Fsp3) is 0.174. The van der Waals surface area contributed by atoms with Gasteiger partial charge in [-0.2, -0.15) is 0 Å². The summed E-state index contributed by atoms with van der Waals surface area (Å²) < 4.78 is 25.7. The number of nitrogens with zero attached hydrogens (tertiary/aromatic N) is 3. The number of nitrogen functional groups attached to an aromatic ring is 1. The first-order valence-electron chi connectivity index (χ1n) is 9.98. The van der Waals surface area contributed by atoms with Crippen LogP contribution in [0.25, 0.3) is 20.8 Å². The van der Waals surface area contributed by atoms with Gasteiger partial charge in [-0.25, -0.2) is 9.18 Å². The van der Waals surface area contributed by atoms with Gasteiger partial charge in [0.15, 0.2) is 11.6 Å². The van der Waals surface area contributed by atoms with E-state index in [4.69, 9.17) is 15.2 Å². The summed E-state index contributed by atoms with van der Waals surface area (Å²) in [7, 11) is 1.53. The van der Waals surface area contributed by atoms with Gasteiger partial charge < -0.3 is 25.2 Å². The zero-order chi connectivity index (χ0) is 23.4. The van der Waals surface area contributed by atoms with E-state index in [1.54, 1.807) is 24.5 Å². The maximum atomic E-state index is 14.2. The zero-order valence-electron chi connectivity index (χ0n) is 17.7. The summed E-state index contributed by atoms with van der Waals surface area (Å²) in [6, 6.07) is 11.5. The molecule has 0 saturated carbocycles. The number of nitrogens with two attached hydrogens (primary N) is 1. The Morgan fingerprint density at radius 3 is 2.73 bits per heavy atom. The third-order valence-corrected chi connectivity index (χ3v) is 6.00. The molecule has 1 aromatic carbocycles. The van der Waals surface area contributed by atoms with E-state index in [2.05, 4.69) is 9.97 Å². The van der Waals surface area contributed by atoms with Crippen molar-refractivity contribution in [1.82, 2.24) is 14.9 Å². The Labute approximate surface area is 193 Å². The Hall–Kier alpha value is -3.76. The minimum atomic E-state index is -1.02. The Bertz CT molecular complexity index is 1280. The number of ether oxygens (including phenoxy) is 2. The SMILES string of the molecule is COCCN(Cc1ccc(-c2cc3nccc(Oc4ccc(N)cc4F)c3s2)nc1)C(=O)O. The summed E-state index contributed by atoms with van der Waals surface area (Å²) in [5, 5.41) is 9.34. The second-order valence-electron chi connectivity index (χ2n) is 7.17. The lowest BCUT2D eigenvalue weighted by Gasteiger charge is -2.18. The lowest BCUT2D eigenvalue weighted by molar-refractivity contribution is 0.115. The molecule has 3 aromatic heterocycles. The number of rotatable bonds is 8. The maximum Gasteiger partial charge on any atom is 0.407 e. The van der Waals surface area contributed by atoms with Gasteiger partial charge in [0.05, 0.1) is 33.9 Å². The molecule has 0 radical (unpaired) electrons. The summed E-state index contributed by atoms with van der Waals surface area (Å²) in [5.41, 5.74) is 8.10. The molecule has 4 rings (SSSR count). The third-order valence-electron chi connectivity index (χ3n) is 4.84. The second kappa shape index (κ2) is 9.80. The Morgan fingerprint density at radius 2 is 2.03 bits per heavy atom. The van der Waals surface area contributed by atoms with E-state index in [1.807, 2.05) is 18.2 Å². The molecule has 170 valence electrons. The molecule has 0 spiro atoms. The van der Waals surface area contributed by atoms with Gasteiger partial charge in [-0.05, 0) is 29.8 Å². The van der Waals surface area contributed by atoms with E-state index in [0.717, 1.165) is 15.1 Å². The molecule has 0 aliphatic carbocycles. The fourth-order valence-electron chi connectivity index (χ4n) is 3.17. The van der Waals surface area contributed by atoms with Crippen molar-refractivity contribution in [1.29, 1.82) is 0 Å². The average Bonchev–Trinajstić information content (AvgIpc) is 3.24. The minimum Gasteiger partial charge on any atom is -0.465 e. The van der Waals surface area contributed by atoms with Gasteiger partial charge in [0.1, 0.15) is 5.75 Å². The Morgan fingerprint density at radius 1 is 1.18 bits per heavy atom. The number of amides is 1. The highest BCUT2D eigenvalue weighted by Crippen LogP contribution is 2.39. The number of hydrogen-bond donors (Lipinski definition) is 2. The molecule has 0 unspecified atom stereocenters. The van der Waals surface area contributed by atoms with Gasteiger partial charge in [0.25, 0.3) is 0 Å². The third kappa shape index (κ3) is 5.18. The highest BCUT2D eigenvalue weighted by Gasteiger charge is 2.15. The van der Waals surface area contributed by atoms with Crippen LogP contribution in [0.15, 0.2) is 54.9 Å². The van der Waals surface area contributed by atoms with E-state index in [1.165, 1.54) is 35.5 Å². The van der Waals surface area contributed by atoms with Crippen molar-refractivity contribution in [2.45, 2.75) is 6.54 Å². The van der Waals surface area contributed by atoms with E-state index in [-0.39, 0.29) is 18.8 Å². The molecular formula is C23H21FN4O4S. The Balaban J connectivity index is 1.56. The van der Waals surface area contributed by atoms with Crippen molar-refractivity contribution in [3.8, 4) is 22.1 Å². The number of thiophene rings is 1. The monoisotopic (exact) mass is 468 g/mol. The Kier molecular flexibility index (Phi) is 6.66. The van der Waals surface area contributed by atoms with Gasteiger partial charge in [-0.3, -0.25) is 9.97 Å². The first-order chi connectivity index (χ1) is 15.9. The van der Waals surface area contributed by atoms with Crippen molar-refractivity contribution in [2.24, 2.45) is 0 Å². The van der Waals surface area contributed by atoms with E-state index in [0.29, 0.717) is 29.3 Å². The van der Waals surface area contributed by atoms with Crippen LogP contribution >= 0.6 is 11.3 Å². The summed E-state index contributed by atoms with van der Waals surface area (Å²) in [6.45, 7) is 0.801. The number of halogens is 1. The predicted molar refractivity (Wildman–Crippen MR) is 124 cm³/mol. The average molecular weight is 469 g/mol. The van der Waals surface area contributed by atoms with Gasteiger partial charge in [0, 0.05) is 43.9 Å². The molecule has 33 heavy (non-hydrogen) atoms. The van der Waals surface area contributed by atoms with Crippen LogP contribution in [0.3, 0.4) is 0 Å². The predicted octanol–water partition coefficient (Wildman–Crippen LogP) is 5.00. The van der Waals surface area contributed by atoms with Gasteiger partial charge in [-0.1, -0.05) is 6.07 Å². The summed E-state index contributed by atoms with van der Waals surface area (Å²) in [4.78, 5) is 22.4. The summed E-state index contributed by atoms with van der Waals surface area (Å²) in [6.07, 6.45) is 2.23. The van der Waals surface area contributed by atoms with Gasteiger partial charge in [-0.15, -0.1) is 11.3 Å². The van der Waals surface area contributed by atoms with Crippen LogP contribution in [0.5, 0.6) is 11.5 Å². The lowest BCUT2D eigenvalue weighted by atomic mass is 10.2. The highest BCUT2D eigenvalue weighted by atomic mass is 32.1. The van der Waals surface area contributed by atoms with Crippen LogP contribution in [-0.4, -0.2) is 46.3 Å². The van der Waals surface area contributed by atoms with Crippen LogP contribution in [0, 0.1) is 5.82 Å². The first kappa shape index (κ1) is 22.4. The van der Waals surface area contributed by atoms with Gasteiger partial charge in [0.2, 0.25) is 0 Å².